The fourth-order valence-corrected chi connectivity index (χ4v) is 0.888. The van der Waals surface area contributed by atoms with Crippen LogP contribution >= 0.6 is 0 Å². The Balaban J connectivity index is 3.21. The fourth-order valence-electron chi connectivity index (χ4n) is 0.888. The standard InChI is InChI=1S/C8H10FNO/c1-5-3-6(9)7(10)4-8(5)11-2/h3-4H,10H2,1-2H3. The summed E-state index contributed by atoms with van der Waals surface area (Å²) in [5.41, 5.74) is 6.18. The predicted molar refractivity (Wildman–Crippen MR) is 42.1 cm³/mol. The molecule has 11 heavy (non-hydrogen) atoms. The van der Waals surface area contributed by atoms with E-state index >= 15 is 0 Å². The van der Waals surface area contributed by atoms with Crippen molar-refractivity contribution >= 4 is 5.69 Å². The van der Waals surface area contributed by atoms with E-state index < -0.39 is 5.82 Å². The average Bonchev–Trinajstić information content (AvgIpc) is 1.97. The van der Waals surface area contributed by atoms with E-state index in [0.717, 1.165) is 5.56 Å². The van der Waals surface area contributed by atoms with Gasteiger partial charge in [-0.3, -0.25) is 0 Å². The molecule has 0 aliphatic rings. The molecule has 0 spiro atoms. The van der Waals surface area contributed by atoms with Gasteiger partial charge in [-0.1, -0.05) is 0 Å². The lowest BCUT2D eigenvalue weighted by atomic mass is 10.2. The van der Waals surface area contributed by atoms with Crippen molar-refractivity contribution in [1.29, 1.82) is 0 Å². The molecule has 0 aromatic heterocycles. The molecule has 0 aliphatic carbocycles. The van der Waals surface area contributed by atoms with Crippen molar-refractivity contribution in [2.45, 2.75) is 6.92 Å². The fraction of sp³-hybridized carbons (Fsp3) is 0.250. The number of ether oxygens (including phenoxy) is 1. The summed E-state index contributed by atoms with van der Waals surface area (Å²) in [6, 6.07) is 2.83. The van der Waals surface area contributed by atoms with Crippen molar-refractivity contribution in [3.8, 4) is 5.75 Å². The number of nitrogen functional groups attached to an aromatic ring is 1. The van der Waals surface area contributed by atoms with Gasteiger partial charge in [0.05, 0.1) is 12.8 Å². The zero-order valence-corrected chi connectivity index (χ0v) is 6.52. The summed E-state index contributed by atoms with van der Waals surface area (Å²) in [6.45, 7) is 1.77. The van der Waals surface area contributed by atoms with E-state index in [1.165, 1.54) is 19.2 Å². The molecule has 0 bridgehead atoms. The molecule has 0 unspecified atom stereocenters. The van der Waals surface area contributed by atoms with Crippen LogP contribution in [0.25, 0.3) is 0 Å². The smallest absolute Gasteiger partial charge is 0.146 e. The minimum Gasteiger partial charge on any atom is -0.496 e. The van der Waals surface area contributed by atoms with Crippen LogP contribution in [0, 0.1) is 12.7 Å². The van der Waals surface area contributed by atoms with Crippen molar-refractivity contribution < 1.29 is 9.13 Å². The lowest BCUT2D eigenvalue weighted by molar-refractivity contribution is 0.411. The molecule has 0 fully saturated rings. The van der Waals surface area contributed by atoms with Crippen LogP contribution in [0.1, 0.15) is 5.56 Å². The molecule has 1 aromatic carbocycles. The number of rotatable bonds is 1. The van der Waals surface area contributed by atoms with Crippen LogP contribution in [0.15, 0.2) is 12.1 Å². The monoisotopic (exact) mass is 155 g/mol. The highest BCUT2D eigenvalue weighted by atomic mass is 19.1. The Kier molecular flexibility index (Phi) is 1.98. The molecule has 0 radical (unpaired) electrons. The normalized spacial score (nSPS) is 9.73. The Hall–Kier alpha value is -1.25. The Morgan fingerprint density at radius 3 is 2.64 bits per heavy atom. The van der Waals surface area contributed by atoms with Gasteiger partial charge in [0.25, 0.3) is 0 Å². The van der Waals surface area contributed by atoms with Gasteiger partial charge in [0.1, 0.15) is 11.6 Å². The van der Waals surface area contributed by atoms with Crippen molar-refractivity contribution in [2.75, 3.05) is 12.8 Å². The van der Waals surface area contributed by atoms with Gasteiger partial charge < -0.3 is 10.5 Å². The summed E-state index contributed by atoms with van der Waals surface area (Å²) in [4.78, 5) is 0. The van der Waals surface area contributed by atoms with Gasteiger partial charge in [-0.25, -0.2) is 4.39 Å². The van der Waals surface area contributed by atoms with Crippen LogP contribution in [0.2, 0.25) is 0 Å². The largest absolute Gasteiger partial charge is 0.496 e. The second-order valence-electron chi connectivity index (χ2n) is 2.34. The maximum Gasteiger partial charge on any atom is 0.146 e. The first-order valence-corrected chi connectivity index (χ1v) is 3.24. The third-order valence-corrected chi connectivity index (χ3v) is 1.51. The number of anilines is 1. The first-order chi connectivity index (χ1) is 5.15. The van der Waals surface area contributed by atoms with Crippen LogP contribution in [-0.2, 0) is 0 Å². The van der Waals surface area contributed by atoms with Crippen molar-refractivity contribution in [1.82, 2.24) is 0 Å². The molecule has 0 saturated heterocycles. The lowest BCUT2D eigenvalue weighted by Gasteiger charge is -2.05. The molecule has 0 saturated carbocycles. The van der Waals surface area contributed by atoms with E-state index in [1.54, 1.807) is 6.92 Å². The zero-order chi connectivity index (χ0) is 8.43. The van der Waals surface area contributed by atoms with E-state index in [0.29, 0.717) is 5.75 Å². The number of benzene rings is 1. The van der Waals surface area contributed by atoms with E-state index in [4.69, 9.17) is 10.5 Å². The molecular weight excluding hydrogens is 145 g/mol. The van der Waals surface area contributed by atoms with Crippen molar-refractivity contribution in [3.05, 3.63) is 23.5 Å². The maximum absolute atomic E-state index is 12.7. The minimum atomic E-state index is -0.400. The predicted octanol–water partition coefficient (Wildman–Crippen LogP) is 1.72. The number of aryl methyl sites for hydroxylation is 1. The summed E-state index contributed by atoms with van der Waals surface area (Å²) >= 11 is 0. The lowest BCUT2D eigenvalue weighted by Crippen LogP contribution is -1.94. The van der Waals surface area contributed by atoms with E-state index in [2.05, 4.69) is 0 Å². The SMILES string of the molecule is COc1cc(N)c(F)cc1C. The Labute approximate surface area is 64.8 Å². The molecule has 0 aliphatic heterocycles. The molecule has 1 aromatic rings. The molecule has 2 nitrogen and oxygen atoms in total. The van der Waals surface area contributed by atoms with E-state index in [1.807, 2.05) is 0 Å². The van der Waals surface area contributed by atoms with Gasteiger partial charge in [-0.05, 0) is 18.6 Å². The first-order valence-electron chi connectivity index (χ1n) is 3.24. The molecule has 3 heteroatoms. The number of hydrogen-bond acceptors (Lipinski definition) is 2. The number of methoxy groups -OCH3 is 1. The van der Waals surface area contributed by atoms with Crippen LogP contribution in [0.4, 0.5) is 10.1 Å². The summed E-state index contributed by atoms with van der Waals surface area (Å²) in [5, 5.41) is 0. The van der Waals surface area contributed by atoms with E-state index in [-0.39, 0.29) is 5.69 Å². The number of hydrogen-bond donors (Lipinski definition) is 1. The van der Waals surface area contributed by atoms with Crippen molar-refractivity contribution in [3.63, 3.8) is 0 Å². The zero-order valence-electron chi connectivity index (χ0n) is 6.52. The molecule has 0 heterocycles. The van der Waals surface area contributed by atoms with Gasteiger partial charge in [-0.15, -0.1) is 0 Å². The minimum absolute atomic E-state index is 0.118. The molecule has 0 atom stereocenters. The van der Waals surface area contributed by atoms with Crippen LogP contribution in [0.3, 0.4) is 0 Å². The second kappa shape index (κ2) is 2.78. The third kappa shape index (κ3) is 1.42. The summed E-state index contributed by atoms with van der Waals surface area (Å²) in [6.07, 6.45) is 0. The van der Waals surface area contributed by atoms with E-state index in [9.17, 15) is 4.39 Å². The number of nitrogens with two attached hydrogens (primary N) is 1. The summed E-state index contributed by atoms with van der Waals surface area (Å²) in [7, 11) is 1.53. The molecule has 2 N–H and O–H groups in total. The Morgan fingerprint density at radius 2 is 2.09 bits per heavy atom. The Bertz CT molecular complexity index is 273. The molecule has 0 amide bonds. The topological polar surface area (TPSA) is 35.2 Å². The highest BCUT2D eigenvalue weighted by Crippen LogP contribution is 2.22. The van der Waals surface area contributed by atoms with Gasteiger partial charge >= 0.3 is 0 Å². The van der Waals surface area contributed by atoms with Gasteiger partial charge in [-0.2, -0.15) is 0 Å². The Morgan fingerprint density at radius 1 is 1.45 bits per heavy atom. The first kappa shape index (κ1) is 7.85. The quantitative estimate of drug-likeness (QED) is 0.627. The molecule has 60 valence electrons. The van der Waals surface area contributed by atoms with Crippen molar-refractivity contribution in [2.24, 2.45) is 0 Å². The van der Waals surface area contributed by atoms with Gasteiger partial charge in [0.2, 0.25) is 0 Å². The van der Waals surface area contributed by atoms with Crippen LogP contribution in [0.5, 0.6) is 5.75 Å². The average molecular weight is 155 g/mol. The van der Waals surface area contributed by atoms with Gasteiger partial charge in [0, 0.05) is 6.07 Å². The molecule has 1 rings (SSSR count). The number of halogens is 1. The van der Waals surface area contributed by atoms with Gasteiger partial charge in [0.15, 0.2) is 0 Å². The summed E-state index contributed by atoms with van der Waals surface area (Å²) < 4.78 is 17.6. The highest BCUT2D eigenvalue weighted by molar-refractivity contribution is 5.49. The van der Waals surface area contributed by atoms with Crippen LogP contribution in [-0.4, -0.2) is 7.11 Å². The molecular formula is C8H10FNO. The van der Waals surface area contributed by atoms with Crippen LogP contribution < -0.4 is 10.5 Å². The second-order valence-corrected chi connectivity index (χ2v) is 2.34. The maximum atomic E-state index is 12.7. The highest BCUT2D eigenvalue weighted by Gasteiger charge is 2.03. The third-order valence-electron chi connectivity index (χ3n) is 1.51. The summed E-state index contributed by atoms with van der Waals surface area (Å²) in [5.74, 6) is 0.215.